The van der Waals surface area contributed by atoms with Gasteiger partial charge in [-0.3, -0.25) is 0 Å². The number of hydrogen-bond donors (Lipinski definition) is 0. The van der Waals surface area contributed by atoms with Gasteiger partial charge in [-0.25, -0.2) is 4.98 Å². The molecule has 1 aromatic rings. The van der Waals surface area contributed by atoms with Gasteiger partial charge in [-0.05, 0) is 29.7 Å². The first-order chi connectivity index (χ1) is 7.24. The lowest BCUT2D eigenvalue weighted by Crippen LogP contribution is -2.32. The van der Waals surface area contributed by atoms with E-state index in [4.69, 9.17) is 0 Å². The number of aromatic nitrogens is 1. The van der Waals surface area contributed by atoms with E-state index in [1.807, 2.05) is 6.08 Å². The van der Waals surface area contributed by atoms with Crippen LogP contribution in [0.1, 0.15) is 24.6 Å². The molecule has 0 aromatic carbocycles. The second kappa shape index (κ2) is 3.85. The second-order valence-corrected chi connectivity index (χ2v) is 3.93. The maximum atomic E-state index is 4.56. The summed E-state index contributed by atoms with van der Waals surface area (Å²) in [6.07, 6.45) is 9.15. The number of pyridine rings is 1. The molecular weight excluding hydrogens is 182 g/mol. The average molecular weight is 197 g/mol. The molecule has 0 aliphatic heterocycles. The minimum Gasteiger partial charge on any atom is -0.248 e. The van der Waals surface area contributed by atoms with Crippen molar-refractivity contribution in [2.24, 2.45) is 5.92 Å². The molecule has 1 heteroatoms. The standard InChI is InChI=1S/C14H15N/c1-4-11-9-12-8-10(3)6-7-14(12)15-13(11)5-2/h4-5,7-10H,1-2,6H2,3H3. The summed E-state index contributed by atoms with van der Waals surface area (Å²) >= 11 is 0. The highest BCUT2D eigenvalue weighted by molar-refractivity contribution is 5.61. The topological polar surface area (TPSA) is 12.9 Å². The van der Waals surface area contributed by atoms with E-state index < -0.39 is 0 Å². The molecule has 0 bridgehead atoms. The van der Waals surface area contributed by atoms with Crippen LogP contribution in [-0.4, -0.2) is 4.98 Å². The average Bonchev–Trinajstić information content (AvgIpc) is 2.27. The summed E-state index contributed by atoms with van der Waals surface area (Å²) in [5.41, 5.74) is 1.98. The quantitative estimate of drug-likeness (QED) is 0.706. The van der Waals surface area contributed by atoms with Crippen molar-refractivity contribution in [3.8, 4) is 0 Å². The maximum absolute atomic E-state index is 4.56. The highest BCUT2D eigenvalue weighted by atomic mass is 14.7. The molecule has 1 nitrogen and oxygen atoms in total. The highest BCUT2D eigenvalue weighted by Gasteiger charge is 2.04. The zero-order valence-corrected chi connectivity index (χ0v) is 9.03. The molecule has 0 fully saturated rings. The summed E-state index contributed by atoms with van der Waals surface area (Å²) in [7, 11) is 0. The first-order valence-electron chi connectivity index (χ1n) is 5.22. The van der Waals surface area contributed by atoms with Gasteiger partial charge in [0.2, 0.25) is 0 Å². The largest absolute Gasteiger partial charge is 0.248 e. The van der Waals surface area contributed by atoms with Crippen molar-refractivity contribution < 1.29 is 0 Å². The lowest BCUT2D eigenvalue weighted by Gasteiger charge is -2.09. The predicted molar refractivity (Wildman–Crippen MR) is 66.4 cm³/mol. The third-order valence-corrected chi connectivity index (χ3v) is 2.70. The van der Waals surface area contributed by atoms with Crippen molar-refractivity contribution in [3.63, 3.8) is 0 Å². The van der Waals surface area contributed by atoms with Gasteiger partial charge in [-0.1, -0.05) is 38.3 Å². The number of nitrogens with zero attached hydrogens (tertiary/aromatic N) is 1. The Balaban J connectivity index is 2.76. The normalized spacial score (nSPS) is 18.3. The van der Waals surface area contributed by atoms with Gasteiger partial charge in [0.15, 0.2) is 0 Å². The van der Waals surface area contributed by atoms with Crippen molar-refractivity contribution in [1.82, 2.24) is 4.98 Å². The second-order valence-electron chi connectivity index (χ2n) is 3.93. The molecule has 0 saturated carbocycles. The van der Waals surface area contributed by atoms with Crippen LogP contribution in [0.4, 0.5) is 0 Å². The fourth-order valence-corrected chi connectivity index (χ4v) is 1.87. The molecular formula is C14H15N. The third kappa shape index (κ3) is 1.78. The van der Waals surface area contributed by atoms with Crippen molar-refractivity contribution in [2.45, 2.75) is 13.3 Å². The van der Waals surface area contributed by atoms with Crippen LogP contribution in [0.2, 0.25) is 0 Å². The van der Waals surface area contributed by atoms with Crippen LogP contribution in [0, 0.1) is 5.92 Å². The predicted octanol–water partition coefficient (Wildman–Crippen LogP) is 1.97. The lowest BCUT2D eigenvalue weighted by molar-refractivity contribution is 0.795. The van der Waals surface area contributed by atoms with E-state index >= 15 is 0 Å². The Morgan fingerprint density at radius 2 is 2.20 bits per heavy atom. The van der Waals surface area contributed by atoms with Crippen LogP contribution >= 0.6 is 0 Å². The summed E-state index contributed by atoms with van der Waals surface area (Å²) in [6, 6.07) is 2.14. The first-order valence-corrected chi connectivity index (χ1v) is 5.22. The van der Waals surface area contributed by atoms with Crippen LogP contribution in [0.3, 0.4) is 0 Å². The maximum Gasteiger partial charge on any atom is 0.0703 e. The Bertz CT molecular complexity index is 523. The van der Waals surface area contributed by atoms with E-state index in [1.165, 1.54) is 5.22 Å². The fraction of sp³-hybridized carbons (Fsp3) is 0.214. The summed E-state index contributed by atoms with van der Waals surface area (Å²) in [5.74, 6) is 0.603. The highest BCUT2D eigenvalue weighted by Crippen LogP contribution is 2.08. The Morgan fingerprint density at radius 1 is 1.40 bits per heavy atom. The van der Waals surface area contributed by atoms with E-state index in [0.717, 1.165) is 23.0 Å². The van der Waals surface area contributed by atoms with Crippen LogP contribution in [0.25, 0.3) is 24.3 Å². The van der Waals surface area contributed by atoms with Crippen molar-refractivity contribution in [1.29, 1.82) is 0 Å². The van der Waals surface area contributed by atoms with Crippen molar-refractivity contribution >= 4 is 24.3 Å². The van der Waals surface area contributed by atoms with Crippen LogP contribution in [0.5, 0.6) is 0 Å². The lowest BCUT2D eigenvalue weighted by atomic mass is 10.00. The summed E-state index contributed by atoms with van der Waals surface area (Å²) in [4.78, 5) is 4.56. The van der Waals surface area contributed by atoms with Gasteiger partial charge in [0, 0.05) is 5.56 Å². The van der Waals surface area contributed by atoms with Gasteiger partial charge < -0.3 is 0 Å². The Labute approximate surface area is 90.2 Å². The minimum atomic E-state index is 0.603. The van der Waals surface area contributed by atoms with Crippen LogP contribution < -0.4 is 10.6 Å². The molecule has 1 aliphatic carbocycles. The van der Waals surface area contributed by atoms with E-state index in [9.17, 15) is 0 Å². The summed E-state index contributed by atoms with van der Waals surface area (Å²) in [5, 5.41) is 2.29. The van der Waals surface area contributed by atoms with E-state index in [0.29, 0.717) is 5.92 Å². The first kappa shape index (κ1) is 9.91. The minimum absolute atomic E-state index is 0.603. The number of rotatable bonds is 2. The Morgan fingerprint density at radius 3 is 2.87 bits per heavy atom. The molecule has 2 rings (SSSR count). The van der Waals surface area contributed by atoms with Gasteiger partial charge in [-0.2, -0.15) is 0 Å². The molecule has 0 radical (unpaired) electrons. The molecule has 0 N–H and O–H groups in total. The third-order valence-electron chi connectivity index (χ3n) is 2.70. The number of fused-ring (bicyclic) bond motifs is 1. The Hall–Kier alpha value is -1.63. The van der Waals surface area contributed by atoms with Crippen molar-refractivity contribution in [2.75, 3.05) is 0 Å². The zero-order chi connectivity index (χ0) is 10.8. The van der Waals surface area contributed by atoms with Gasteiger partial charge in [0.05, 0.1) is 11.0 Å². The molecule has 76 valence electrons. The molecule has 15 heavy (non-hydrogen) atoms. The van der Waals surface area contributed by atoms with Crippen LogP contribution in [-0.2, 0) is 0 Å². The van der Waals surface area contributed by atoms with Crippen LogP contribution in [0.15, 0.2) is 19.2 Å². The molecule has 1 aliphatic rings. The van der Waals surface area contributed by atoms with E-state index in [1.54, 1.807) is 6.08 Å². The SMILES string of the molecule is C=Cc1cc2c(nc1C=C)=CCC(C)C=2. The van der Waals surface area contributed by atoms with Gasteiger partial charge in [0.25, 0.3) is 0 Å². The van der Waals surface area contributed by atoms with Gasteiger partial charge in [-0.15, -0.1) is 0 Å². The molecule has 1 heterocycles. The molecule has 1 atom stereocenters. The van der Waals surface area contributed by atoms with Crippen molar-refractivity contribution in [3.05, 3.63) is 41.0 Å². The number of hydrogen-bond acceptors (Lipinski definition) is 1. The summed E-state index contributed by atoms with van der Waals surface area (Å²) < 4.78 is 0. The molecule has 0 spiro atoms. The smallest absolute Gasteiger partial charge is 0.0703 e. The Kier molecular flexibility index (Phi) is 2.55. The molecule has 0 amide bonds. The molecule has 1 aromatic heterocycles. The molecule has 1 unspecified atom stereocenters. The van der Waals surface area contributed by atoms with Gasteiger partial charge in [0.1, 0.15) is 0 Å². The van der Waals surface area contributed by atoms with Gasteiger partial charge >= 0.3 is 0 Å². The summed E-state index contributed by atoms with van der Waals surface area (Å²) in [6.45, 7) is 9.78. The fourth-order valence-electron chi connectivity index (χ4n) is 1.87. The zero-order valence-electron chi connectivity index (χ0n) is 9.03. The monoisotopic (exact) mass is 197 g/mol. The molecule has 0 saturated heterocycles. The van der Waals surface area contributed by atoms with E-state index in [2.05, 4.69) is 43.3 Å². The van der Waals surface area contributed by atoms with E-state index in [-0.39, 0.29) is 0 Å².